The first-order valence-corrected chi connectivity index (χ1v) is 10.2. The molecule has 0 saturated carbocycles. The second-order valence-electron chi connectivity index (χ2n) is 7.15. The lowest BCUT2D eigenvalue weighted by Gasteiger charge is -2.29. The van der Waals surface area contributed by atoms with Crippen LogP contribution in [0.15, 0.2) is 60.9 Å². The van der Waals surface area contributed by atoms with Gasteiger partial charge in [-0.15, -0.1) is 0 Å². The van der Waals surface area contributed by atoms with Crippen LogP contribution in [-0.2, 0) is 11.3 Å². The van der Waals surface area contributed by atoms with E-state index in [0.29, 0.717) is 11.7 Å². The van der Waals surface area contributed by atoms with Gasteiger partial charge in [-0.1, -0.05) is 6.07 Å². The molecule has 7 nitrogen and oxygen atoms in total. The van der Waals surface area contributed by atoms with Crippen molar-refractivity contribution in [2.75, 3.05) is 25.4 Å². The SMILES string of the molecule is COCCn1cccc1[C@@H]1[C@H](c2ccccn2)NC(=S)N1c1ccc2c(c1)OCO2. The van der Waals surface area contributed by atoms with Crippen LogP contribution in [0, 0.1) is 0 Å². The molecule has 0 aliphatic carbocycles. The first kappa shape index (κ1) is 18.9. The second-order valence-corrected chi connectivity index (χ2v) is 7.54. The first-order valence-electron chi connectivity index (χ1n) is 9.80. The number of methoxy groups -OCH3 is 1. The van der Waals surface area contributed by atoms with Crippen LogP contribution in [0.5, 0.6) is 11.5 Å². The molecule has 1 N–H and O–H groups in total. The molecule has 2 aliphatic heterocycles. The minimum atomic E-state index is -0.0969. The van der Waals surface area contributed by atoms with E-state index in [9.17, 15) is 0 Å². The van der Waals surface area contributed by atoms with Crippen molar-refractivity contribution in [3.05, 3.63) is 72.3 Å². The molecule has 2 aliphatic rings. The van der Waals surface area contributed by atoms with E-state index in [-0.39, 0.29) is 18.9 Å². The van der Waals surface area contributed by atoms with Crippen molar-refractivity contribution in [1.82, 2.24) is 14.9 Å². The summed E-state index contributed by atoms with van der Waals surface area (Å²) in [4.78, 5) is 6.74. The quantitative estimate of drug-likeness (QED) is 0.611. The van der Waals surface area contributed by atoms with E-state index in [4.69, 9.17) is 26.4 Å². The van der Waals surface area contributed by atoms with Crippen LogP contribution in [-0.4, -0.2) is 35.2 Å². The number of hydrogen-bond donors (Lipinski definition) is 1. The topological polar surface area (TPSA) is 60.8 Å². The Hall–Kier alpha value is -3.10. The molecular weight excluding hydrogens is 400 g/mol. The molecule has 0 radical (unpaired) electrons. The molecule has 1 saturated heterocycles. The zero-order chi connectivity index (χ0) is 20.5. The van der Waals surface area contributed by atoms with Gasteiger partial charge >= 0.3 is 0 Å². The number of hydrogen-bond acceptors (Lipinski definition) is 5. The van der Waals surface area contributed by atoms with Gasteiger partial charge in [0.05, 0.1) is 18.3 Å². The smallest absolute Gasteiger partial charge is 0.231 e. The standard InChI is InChI=1S/C22H22N4O3S/c1-27-12-11-25-10-4-6-17(25)21-20(16-5-2-3-9-23-16)24-22(30)26(21)15-7-8-18-19(13-15)29-14-28-18/h2-10,13,20-21H,11-12,14H2,1H3,(H,24,30)/t20-,21+/m0/s1. The Balaban J connectivity index is 1.60. The Labute approximate surface area is 180 Å². The minimum absolute atomic E-state index is 0.0837. The Morgan fingerprint density at radius 2 is 2.07 bits per heavy atom. The van der Waals surface area contributed by atoms with Crippen LogP contribution in [0.3, 0.4) is 0 Å². The number of nitrogens with one attached hydrogen (secondary N) is 1. The summed E-state index contributed by atoms with van der Waals surface area (Å²) >= 11 is 5.79. The third kappa shape index (κ3) is 3.28. The first-order chi connectivity index (χ1) is 14.8. The van der Waals surface area contributed by atoms with Gasteiger partial charge in [0, 0.05) is 43.5 Å². The van der Waals surface area contributed by atoms with E-state index in [1.165, 1.54) is 0 Å². The van der Waals surface area contributed by atoms with Gasteiger partial charge in [0.25, 0.3) is 0 Å². The highest BCUT2D eigenvalue weighted by atomic mass is 32.1. The Morgan fingerprint density at radius 1 is 1.17 bits per heavy atom. The van der Waals surface area contributed by atoms with Gasteiger partial charge in [-0.05, 0) is 48.6 Å². The molecule has 4 heterocycles. The monoisotopic (exact) mass is 422 g/mol. The molecule has 2 aromatic heterocycles. The fourth-order valence-electron chi connectivity index (χ4n) is 4.06. The van der Waals surface area contributed by atoms with Gasteiger partial charge in [0.1, 0.15) is 6.04 Å². The van der Waals surface area contributed by atoms with Crippen LogP contribution in [0.2, 0.25) is 0 Å². The van der Waals surface area contributed by atoms with Crippen molar-refractivity contribution < 1.29 is 14.2 Å². The highest BCUT2D eigenvalue weighted by Crippen LogP contribution is 2.44. The van der Waals surface area contributed by atoms with E-state index in [1.54, 1.807) is 7.11 Å². The maximum Gasteiger partial charge on any atom is 0.231 e. The van der Waals surface area contributed by atoms with Crippen LogP contribution in [0.4, 0.5) is 5.69 Å². The van der Waals surface area contributed by atoms with E-state index in [2.05, 4.69) is 38.1 Å². The zero-order valence-corrected chi connectivity index (χ0v) is 17.3. The number of nitrogens with zero attached hydrogens (tertiary/aromatic N) is 3. The third-order valence-electron chi connectivity index (χ3n) is 5.44. The van der Waals surface area contributed by atoms with Crippen molar-refractivity contribution in [1.29, 1.82) is 0 Å². The van der Waals surface area contributed by atoms with Crippen molar-refractivity contribution in [3.63, 3.8) is 0 Å². The summed E-state index contributed by atoms with van der Waals surface area (Å²) in [5, 5.41) is 4.13. The number of anilines is 1. The van der Waals surface area contributed by atoms with Gasteiger partial charge in [-0.2, -0.15) is 0 Å². The van der Waals surface area contributed by atoms with Gasteiger partial charge < -0.3 is 29.0 Å². The summed E-state index contributed by atoms with van der Waals surface area (Å²) < 4.78 is 18.6. The van der Waals surface area contributed by atoms with Gasteiger partial charge in [-0.25, -0.2) is 0 Å². The summed E-state index contributed by atoms with van der Waals surface area (Å²) in [5.41, 5.74) is 3.01. The average Bonchev–Trinajstić information content (AvgIpc) is 3.50. The van der Waals surface area contributed by atoms with E-state index in [0.717, 1.165) is 35.1 Å². The van der Waals surface area contributed by atoms with Gasteiger partial charge in [0.2, 0.25) is 6.79 Å². The molecule has 2 atom stereocenters. The van der Waals surface area contributed by atoms with Crippen molar-refractivity contribution in [2.45, 2.75) is 18.6 Å². The highest BCUT2D eigenvalue weighted by Gasteiger charge is 2.42. The molecule has 5 rings (SSSR count). The summed E-state index contributed by atoms with van der Waals surface area (Å²) in [7, 11) is 1.71. The second kappa shape index (κ2) is 7.97. The summed E-state index contributed by atoms with van der Waals surface area (Å²) in [5.74, 6) is 1.48. The number of rotatable bonds is 6. The number of fused-ring (bicyclic) bond motifs is 1. The number of aromatic nitrogens is 2. The lowest BCUT2D eigenvalue weighted by molar-refractivity contribution is 0.174. The van der Waals surface area contributed by atoms with Crippen LogP contribution in [0.1, 0.15) is 23.5 Å². The summed E-state index contributed by atoms with van der Waals surface area (Å²) in [6, 6.07) is 15.9. The predicted molar refractivity (Wildman–Crippen MR) is 117 cm³/mol. The maximum atomic E-state index is 5.79. The molecule has 0 amide bonds. The number of benzene rings is 1. The van der Waals surface area contributed by atoms with Crippen LogP contribution >= 0.6 is 12.2 Å². The molecule has 0 bridgehead atoms. The molecule has 0 spiro atoms. The minimum Gasteiger partial charge on any atom is -0.454 e. The summed E-state index contributed by atoms with van der Waals surface area (Å²) in [6.45, 7) is 1.62. The largest absolute Gasteiger partial charge is 0.454 e. The Morgan fingerprint density at radius 3 is 2.90 bits per heavy atom. The maximum absolute atomic E-state index is 5.79. The fourth-order valence-corrected chi connectivity index (χ4v) is 4.40. The van der Waals surface area contributed by atoms with Crippen LogP contribution in [0.25, 0.3) is 0 Å². The normalized spacial score (nSPS) is 19.9. The predicted octanol–water partition coefficient (Wildman–Crippen LogP) is 3.44. The van der Waals surface area contributed by atoms with E-state index >= 15 is 0 Å². The molecule has 3 aromatic rings. The summed E-state index contributed by atoms with van der Waals surface area (Å²) in [6.07, 6.45) is 3.88. The molecule has 1 fully saturated rings. The number of thiocarbonyl (C=S) groups is 1. The molecule has 8 heteroatoms. The molecule has 1 aromatic carbocycles. The molecule has 0 unspecified atom stereocenters. The van der Waals surface area contributed by atoms with Crippen molar-refractivity contribution in [3.8, 4) is 11.5 Å². The molecule has 30 heavy (non-hydrogen) atoms. The Bertz CT molecular complexity index is 1060. The van der Waals surface area contributed by atoms with Gasteiger partial charge in [0.15, 0.2) is 16.6 Å². The Kier molecular flexibility index (Phi) is 5.02. The zero-order valence-electron chi connectivity index (χ0n) is 16.5. The third-order valence-corrected chi connectivity index (χ3v) is 5.75. The lowest BCUT2D eigenvalue weighted by atomic mass is 10.0. The van der Waals surface area contributed by atoms with E-state index in [1.807, 2.05) is 42.6 Å². The lowest BCUT2D eigenvalue weighted by Crippen LogP contribution is -2.30. The number of pyridine rings is 1. The van der Waals surface area contributed by atoms with Gasteiger partial charge in [-0.3, -0.25) is 4.98 Å². The van der Waals surface area contributed by atoms with E-state index < -0.39 is 0 Å². The van der Waals surface area contributed by atoms with Crippen LogP contribution < -0.4 is 19.7 Å². The van der Waals surface area contributed by atoms with Crippen molar-refractivity contribution >= 4 is 23.0 Å². The highest BCUT2D eigenvalue weighted by molar-refractivity contribution is 7.80. The number of ether oxygens (including phenoxy) is 3. The fraction of sp³-hybridized carbons (Fsp3) is 0.273. The molecule has 154 valence electrons. The average molecular weight is 423 g/mol. The molecular formula is C22H22N4O3S. The van der Waals surface area contributed by atoms with Crippen molar-refractivity contribution in [2.24, 2.45) is 0 Å².